The molecule has 0 saturated carbocycles. The second kappa shape index (κ2) is 6.47. The summed E-state index contributed by atoms with van der Waals surface area (Å²) in [5.41, 5.74) is 0.0985. The molecule has 1 aromatic heterocycles. The molecule has 0 unspecified atom stereocenters. The number of likely N-dealkylation sites (tertiary alicyclic amines) is 1. The molecule has 20 heavy (non-hydrogen) atoms. The third kappa shape index (κ3) is 3.33. The van der Waals surface area contributed by atoms with E-state index in [-0.39, 0.29) is 17.6 Å². The van der Waals surface area contributed by atoms with Gasteiger partial charge in [-0.1, -0.05) is 6.08 Å². The summed E-state index contributed by atoms with van der Waals surface area (Å²) in [5, 5.41) is 15.9. The van der Waals surface area contributed by atoms with E-state index >= 15 is 0 Å². The number of ether oxygens (including phenoxy) is 1. The third-order valence-electron chi connectivity index (χ3n) is 3.33. The van der Waals surface area contributed by atoms with Gasteiger partial charge < -0.3 is 9.64 Å². The van der Waals surface area contributed by atoms with Crippen LogP contribution in [-0.4, -0.2) is 41.2 Å². The SMILES string of the molecule is C=CCOC1CCN(C(=N)n2cc(F)ccc2=N)CC1. The van der Waals surface area contributed by atoms with Crippen LogP contribution in [0.1, 0.15) is 12.8 Å². The zero-order chi connectivity index (χ0) is 14.5. The Morgan fingerprint density at radius 1 is 1.45 bits per heavy atom. The maximum absolute atomic E-state index is 13.2. The van der Waals surface area contributed by atoms with Crippen LogP contribution in [-0.2, 0) is 4.74 Å². The van der Waals surface area contributed by atoms with Crippen LogP contribution in [0.25, 0.3) is 0 Å². The molecule has 0 amide bonds. The van der Waals surface area contributed by atoms with Gasteiger partial charge in [0.2, 0.25) is 5.96 Å². The number of nitrogens with zero attached hydrogens (tertiary/aromatic N) is 2. The Bertz CT molecular complexity index is 546. The van der Waals surface area contributed by atoms with Crippen molar-refractivity contribution in [3.8, 4) is 0 Å². The number of aromatic nitrogens is 1. The Labute approximate surface area is 117 Å². The first-order valence-electron chi connectivity index (χ1n) is 6.61. The summed E-state index contributed by atoms with van der Waals surface area (Å²) < 4.78 is 20.1. The second-order valence-electron chi connectivity index (χ2n) is 4.73. The second-order valence-corrected chi connectivity index (χ2v) is 4.73. The Hall–Kier alpha value is -1.95. The van der Waals surface area contributed by atoms with Crippen molar-refractivity contribution >= 4 is 5.96 Å². The average molecular weight is 278 g/mol. The van der Waals surface area contributed by atoms with E-state index in [9.17, 15) is 4.39 Å². The molecule has 2 heterocycles. The highest BCUT2D eigenvalue weighted by molar-refractivity contribution is 5.79. The van der Waals surface area contributed by atoms with Crippen molar-refractivity contribution in [2.24, 2.45) is 0 Å². The van der Waals surface area contributed by atoms with Gasteiger partial charge in [-0.15, -0.1) is 6.58 Å². The largest absolute Gasteiger partial charge is 0.374 e. The lowest BCUT2D eigenvalue weighted by Crippen LogP contribution is -2.46. The molecule has 0 atom stereocenters. The molecule has 5 nitrogen and oxygen atoms in total. The normalized spacial score (nSPS) is 16.1. The summed E-state index contributed by atoms with van der Waals surface area (Å²) in [7, 11) is 0. The zero-order valence-corrected chi connectivity index (χ0v) is 11.3. The quantitative estimate of drug-likeness (QED) is 0.500. The van der Waals surface area contributed by atoms with Crippen molar-refractivity contribution in [3.05, 3.63) is 42.3 Å². The summed E-state index contributed by atoms with van der Waals surface area (Å²) in [6, 6.07) is 2.57. The van der Waals surface area contributed by atoms with E-state index in [0.29, 0.717) is 19.7 Å². The van der Waals surface area contributed by atoms with E-state index in [1.54, 1.807) is 6.08 Å². The van der Waals surface area contributed by atoms with Crippen molar-refractivity contribution < 1.29 is 9.13 Å². The molecule has 1 saturated heterocycles. The maximum Gasteiger partial charge on any atom is 0.203 e. The minimum Gasteiger partial charge on any atom is -0.374 e. The molecular formula is C14H19FN4O. The number of hydrogen-bond acceptors (Lipinski definition) is 3. The predicted molar refractivity (Wildman–Crippen MR) is 74.1 cm³/mol. The Balaban J connectivity index is 1.99. The van der Waals surface area contributed by atoms with E-state index < -0.39 is 5.82 Å². The highest BCUT2D eigenvalue weighted by Gasteiger charge is 2.22. The van der Waals surface area contributed by atoms with Gasteiger partial charge in [-0.05, 0) is 25.0 Å². The minimum atomic E-state index is -0.449. The number of halogens is 1. The van der Waals surface area contributed by atoms with Crippen LogP contribution in [0.15, 0.2) is 31.0 Å². The van der Waals surface area contributed by atoms with Gasteiger partial charge in [-0.2, -0.15) is 0 Å². The monoisotopic (exact) mass is 278 g/mol. The lowest BCUT2D eigenvalue weighted by molar-refractivity contribution is 0.0352. The van der Waals surface area contributed by atoms with Gasteiger partial charge in [0.25, 0.3) is 0 Å². The molecular weight excluding hydrogens is 259 g/mol. The molecule has 2 rings (SSSR count). The Kier molecular flexibility index (Phi) is 4.68. The van der Waals surface area contributed by atoms with Crippen molar-refractivity contribution in [1.82, 2.24) is 9.47 Å². The highest BCUT2D eigenvalue weighted by Crippen LogP contribution is 2.14. The van der Waals surface area contributed by atoms with Crippen LogP contribution in [0.5, 0.6) is 0 Å². The Morgan fingerprint density at radius 2 is 2.15 bits per heavy atom. The molecule has 0 bridgehead atoms. The molecule has 0 aromatic carbocycles. The van der Waals surface area contributed by atoms with Gasteiger partial charge >= 0.3 is 0 Å². The topological polar surface area (TPSA) is 65.1 Å². The van der Waals surface area contributed by atoms with Crippen LogP contribution in [0.2, 0.25) is 0 Å². The molecule has 6 heteroatoms. The molecule has 1 aromatic rings. The van der Waals surface area contributed by atoms with E-state index in [0.717, 1.165) is 12.8 Å². The van der Waals surface area contributed by atoms with Gasteiger partial charge in [-0.3, -0.25) is 15.4 Å². The van der Waals surface area contributed by atoms with Crippen LogP contribution in [0.3, 0.4) is 0 Å². The smallest absolute Gasteiger partial charge is 0.203 e. The van der Waals surface area contributed by atoms with E-state index in [1.807, 2.05) is 4.90 Å². The number of hydrogen-bond donors (Lipinski definition) is 2. The fraction of sp³-hybridized carbons (Fsp3) is 0.429. The van der Waals surface area contributed by atoms with Gasteiger partial charge in [0, 0.05) is 19.3 Å². The van der Waals surface area contributed by atoms with Crippen LogP contribution in [0, 0.1) is 16.6 Å². The summed E-state index contributed by atoms with van der Waals surface area (Å²) >= 11 is 0. The number of nitrogens with one attached hydrogen (secondary N) is 2. The lowest BCUT2D eigenvalue weighted by atomic mass is 10.1. The zero-order valence-electron chi connectivity index (χ0n) is 11.3. The van der Waals surface area contributed by atoms with Gasteiger partial charge in [-0.25, -0.2) is 4.39 Å². The summed E-state index contributed by atoms with van der Waals surface area (Å²) in [6.45, 7) is 5.50. The van der Waals surface area contributed by atoms with Crippen molar-refractivity contribution in [3.63, 3.8) is 0 Å². The van der Waals surface area contributed by atoms with Crippen LogP contribution < -0.4 is 5.49 Å². The summed E-state index contributed by atoms with van der Waals surface area (Å²) in [5.74, 6) is -0.313. The molecule has 0 aliphatic carbocycles. The third-order valence-corrected chi connectivity index (χ3v) is 3.33. The highest BCUT2D eigenvalue weighted by atomic mass is 19.1. The molecule has 0 spiro atoms. The van der Waals surface area contributed by atoms with Crippen LogP contribution >= 0.6 is 0 Å². The minimum absolute atomic E-state index is 0.0985. The average Bonchev–Trinajstić information content (AvgIpc) is 2.47. The maximum atomic E-state index is 13.2. The first kappa shape index (κ1) is 14.5. The fourth-order valence-electron chi connectivity index (χ4n) is 2.24. The van der Waals surface area contributed by atoms with E-state index in [1.165, 1.54) is 22.9 Å². The first-order valence-corrected chi connectivity index (χ1v) is 6.61. The number of pyridine rings is 1. The van der Waals surface area contributed by atoms with E-state index in [4.69, 9.17) is 15.6 Å². The first-order chi connectivity index (χ1) is 9.61. The molecule has 1 aliphatic heterocycles. The molecule has 0 radical (unpaired) electrons. The molecule has 1 fully saturated rings. The molecule has 2 N–H and O–H groups in total. The molecule has 108 valence electrons. The fourth-order valence-corrected chi connectivity index (χ4v) is 2.24. The lowest BCUT2D eigenvalue weighted by Gasteiger charge is -2.33. The van der Waals surface area contributed by atoms with Crippen molar-refractivity contribution in [1.29, 1.82) is 10.8 Å². The summed E-state index contributed by atoms with van der Waals surface area (Å²) in [6.07, 6.45) is 4.72. The van der Waals surface area contributed by atoms with Gasteiger partial charge in [0.1, 0.15) is 11.3 Å². The van der Waals surface area contributed by atoms with Gasteiger partial charge in [0.05, 0.1) is 12.7 Å². The van der Waals surface area contributed by atoms with E-state index in [2.05, 4.69) is 6.58 Å². The standard InChI is InChI=1S/C14H19FN4O/c1-2-9-20-12-5-7-18(8-6-12)14(17)19-10-11(15)3-4-13(19)16/h2-4,10,12,16-17H,1,5-9H2. The number of rotatable bonds is 3. The summed E-state index contributed by atoms with van der Waals surface area (Å²) in [4.78, 5) is 1.84. The van der Waals surface area contributed by atoms with Gasteiger partial charge in [0.15, 0.2) is 0 Å². The Morgan fingerprint density at radius 3 is 2.80 bits per heavy atom. The number of piperidine rings is 1. The molecule has 1 aliphatic rings. The van der Waals surface area contributed by atoms with Crippen LogP contribution in [0.4, 0.5) is 4.39 Å². The van der Waals surface area contributed by atoms with Crippen molar-refractivity contribution in [2.75, 3.05) is 19.7 Å². The predicted octanol–water partition coefficient (Wildman–Crippen LogP) is 1.56. The van der Waals surface area contributed by atoms with Crippen molar-refractivity contribution in [2.45, 2.75) is 18.9 Å².